The Hall–Kier alpha value is -3.83. The maximum absolute atomic E-state index is 13.3. The van der Waals surface area contributed by atoms with Crippen molar-refractivity contribution in [2.24, 2.45) is 0 Å². The number of esters is 1. The number of carbonyl (C=O) groups is 1. The molecule has 38 heavy (non-hydrogen) atoms. The number of nitrogens with zero attached hydrogens (tertiary/aromatic N) is 8. The van der Waals surface area contributed by atoms with Crippen LogP contribution < -0.4 is 5.73 Å². The number of nitrogen functional groups attached to an aromatic ring is 1. The highest BCUT2D eigenvalue weighted by Gasteiger charge is 2.51. The number of imidazole rings is 1. The van der Waals surface area contributed by atoms with Gasteiger partial charge in [0, 0.05) is 18.8 Å². The minimum absolute atomic E-state index is 0.0430. The number of pyridine rings is 1. The van der Waals surface area contributed by atoms with Gasteiger partial charge in [0.25, 0.3) is 0 Å². The first-order valence-electron chi connectivity index (χ1n) is 11.4. The molecule has 17 heteroatoms. The van der Waals surface area contributed by atoms with Gasteiger partial charge in [-0.1, -0.05) is 11.3 Å². The van der Waals surface area contributed by atoms with Gasteiger partial charge < -0.3 is 30.2 Å². The number of aromatic nitrogens is 9. The van der Waals surface area contributed by atoms with E-state index in [9.17, 15) is 15.0 Å². The van der Waals surface area contributed by atoms with Crippen molar-refractivity contribution in [3.8, 4) is 0 Å². The Morgan fingerprint density at radius 3 is 2.89 bits per heavy atom. The largest absolute Gasteiger partial charge is 0.463 e. The maximum Gasteiger partial charge on any atom is 0.347 e. The normalized spacial score (nSPS) is 22.9. The molecular formula is C21H23ClN10O6. The fourth-order valence-electron chi connectivity index (χ4n) is 4.21. The quantitative estimate of drug-likeness (QED) is 0.151. The second-order valence-corrected chi connectivity index (χ2v) is 8.72. The van der Waals surface area contributed by atoms with Crippen LogP contribution in [-0.2, 0) is 31.0 Å². The summed E-state index contributed by atoms with van der Waals surface area (Å²) >= 11 is 5.94. The number of rotatable bonds is 9. The minimum Gasteiger partial charge on any atom is -0.463 e. The molecule has 1 fully saturated rings. The standard InChI is InChI=1S/C21H23ClN10O6/c1-2-36-19(35)21(18-28-30-31-29-18,6-10-4-3-5-24-7-10)37-8-11-13(33)14(34)17(38-11)32-9-25-12-15(23)26-20(22)27-16(12)32/h3-5,7,9,11,13-14,17,33-34H,2,6,8H2,1H3,(H2,23,26,27)(H,28,29,30,31)/t11-,13-,14-,17-,21?/m1/s1. The molecule has 5 heterocycles. The minimum atomic E-state index is -1.87. The average Bonchev–Trinajstić information content (AvgIpc) is 3.64. The van der Waals surface area contributed by atoms with Gasteiger partial charge in [-0.15, -0.1) is 10.2 Å². The fraction of sp³-hybridized carbons (Fsp3) is 0.429. The third kappa shape index (κ3) is 4.63. The van der Waals surface area contributed by atoms with Gasteiger partial charge in [0.05, 0.1) is 19.5 Å². The molecule has 1 aliphatic rings. The Morgan fingerprint density at radius 2 is 2.18 bits per heavy atom. The van der Waals surface area contributed by atoms with Gasteiger partial charge >= 0.3 is 5.97 Å². The van der Waals surface area contributed by atoms with E-state index in [1.807, 2.05) is 0 Å². The summed E-state index contributed by atoms with van der Waals surface area (Å²) in [5.74, 6) is -0.828. The summed E-state index contributed by atoms with van der Waals surface area (Å²) in [5, 5.41) is 35.3. The lowest BCUT2D eigenvalue weighted by atomic mass is 9.94. The van der Waals surface area contributed by atoms with Crippen LogP contribution in [0.3, 0.4) is 0 Å². The van der Waals surface area contributed by atoms with Crippen molar-refractivity contribution in [1.82, 2.24) is 45.1 Å². The van der Waals surface area contributed by atoms with Crippen LogP contribution in [0.1, 0.15) is 24.5 Å². The first kappa shape index (κ1) is 25.8. The number of halogens is 1. The molecule has 0 spiro atoms. The number of aromatic amines is 1. The van der Waals surface area contributed by atoms with Crippen LogP contribution in [0.2, 0.25) is 5.28 Å². The average molecular weight is 547 g/mol. The summed E-state index contributed by atoms with van der Waals surface area (Å²) in [7, 11) is 0. The molecule has 16 nitrogen and oxygen atoms in total. The second-order valence-electron chi connectivity index (χ2n) is 8.38. The number of aliphatic hydroxyl groups excluding tert-OH is 2. The lowest BCUT2D eigenvalue weighted by Gasteiger charge is -2.30. The van der Waals surface area contributed by atoms with Crippen LogP contribution in [0.25, 0.3) is 11.2 Å². The highest BCUT2D eigenvalue weighted by molar-refractivity contribution is 6.28. The van der Waals surface area contributed by atoms with E-state index < -0.39 is 36.1 Å². The molecule has 4 aromatic heterocycles. The predicted octanol–water partition coefficient (Wildman–Crippen LogP) is -0.693. The molecule has 5 rings (SSSR count). The van der Waals surface area contributed by atoms with E-state index >= 15 is 0 Å². The topological polar surface area (TPSA) is 222 Å². The molecule has 200 valence electrons. The highest BCUT2D eigenvalue weighted by atomic mass is 35.5. The zero-order valence-corrected chi connectivity index (χ0v) is 20.6. The summed E-state index contributed by atoms with van der Waals surface area (Å²) in [6, 6.07) is 3.44. The molecule has 4 aromatic rings. The molecule has 1 aliphatic heterocycles. The summed E-state index contributed by atoms with van der Waals surface area (Å²) in [5.41, 5.74) is 5.06. The zero-order chi connectivity index (χ0) is 26.9. The van der Waals surface area contributed by atoms with Gasteiger partial charge in [-0.25, -0.2) is 9.78 Å². The molecule has 0 aromatic carbocycles. The van der Waals surface area contributed by atoms with Gasteiger partial charge in [-0.2, -0.15) is 15.2 Å². The Labute approximate surface area is 219 Å². The van der Waals surface area contributed by atoms with Crippen molar-refractivity contribution >= 4 is 34.6 Å². The van der Waals surface area contributed by atoms with Crippen LogP contribution in [0.5, 0.6) is 0 Å². The van der Waals surface area contributed by atoms with Crippen molar-refractivity contribution < 1.29 is 29.2 Å². The van der Waals surface area contributed by atoms with Gasteiger partial charge in [0.1, 0.15) is 23.8 Å². The zero-order valence-electron chi connectivity index (χ0n) is 19.9. The van der Waals surface area contributed by atoms with Crippen LogP contribution in [-0.4, -0.2) is 92.8 Å². The van der Waals surface area contributed by atoms with E-state index in [1.54, 1.807) is 31.5 Å². The highest BCUT2D eigenvalue weighted by Crippen LogP contribution is 2.35. The fourth-order valence-corrected chi connectivity index (χ4v) is 4.38. The van der Waals surface area contributed by atoms with Crippen LogP contribution >= 0.6 is 11.6 Å². The SMILES string of the molecule is CCOC(=O)C(Cc1cccnc1)(OC[C@H]1O[C@@H](n2cnc3c(N)nc(Cl)nc32)[C@H](O)[C@@H]1O)c1nn[nH]n1. The van der Waals surface area contributed by atoms with Gasteiger partial charge in [0.15, 0.2) is 17.7 Å². The number of tetrazole rings is 1. The first-order valence-corrected chi connectivity index (χ1v) is 11.8. The van der Waals surface area contributed by atoms with Crippen molar-refractivity contribution in [1.29, 1.82) is 0 Å². The Kier molecular flexibility index (Phi) is 7.13. The number of H-pyrrole nitrogens is 1. The molecule has 0 aliphatic carbocycles. The van der Waals surface area contributed by atoms with Gasteiger partial charge in [0.2, 0.25) is 16.7 Å². The van der Waals surface area contributed by atoms with Gasteiger partial charge in [-0.3, -0.25) is 9.55 Å². The van der Waals surface area contributed by atoms with E-state index in [4.69, 9.17) is 31.5 Å². The molecule has 0 radical (unpaired) electrons. The molecule has 0 amide bonds. The van der Waals surface area contributed by atoms with E-state index in [2.05, 4.69) is 40.6 Å². The molecule has 1 saturated heterocycles. The third-order valence-electron chi connectivity index (χ3n) is 6.01. The van der Waals surface area contributed by atoms with E-state index in [0.29, 0.717) is 5.56 Å². The molecule has 5 N–H and O–H groups in total. The van der Waals surface area contributed by atoms with Crippen LogP contribution in [0.4, 0.5) is 5.82 Å². The number of nitrogens with two attached hydrogens (primary N) is 1. The van der Waals surface area contributed by atoms with Crippen LogP contribution in [0, 0.1) is 0 Å². The lowest BCUT2D eigenvalue weighted by molar-refractivity contribution is -0.183. The van der Waals surface area contributed by atoms with Crippen molar-refractivity contribution in [2.75, 3.05) is 18.9 Å². The lowest BCUT2D eigenvalue weighted by Crippen LogP contribution is -2.46. The molecule has 0 bridgehead atoms. The smallest absolute Gasteiger partial charge is 0.347 e. The predicted molar refractivity (Wildman–Crippen MR) is 127 cm³/mol. The molecular weight excluding hydrogens is 524 g/mol. The number of hydrogen-bond donors (Lipinski definition) is 4. The van der Waals surface area contributed by atoms with E-state index in [-0.39, 0.29) is 47.7 Å². The van der Waals surface area contributed by atoms with E-state index in [0.717, 1.165) is 0 Å². The number of aliphatic hydroxyl groups is 2. The number of anilines is 1. The second kappa shape index (κ2) is 10.5. The summed E-state index contributed by atoms with van der Waals surface area (Å²) in [4.78, 5) is 29.5. The van der Waals surface area contributed by atoms with Crippen molar-refractivity contribution in [2.45, 2.75) is 43.5 Å². The molecule has 5 atom stereocenters. The van der Waals surface area contributed by atoms with Crippen molar-refractivity contribution in [3.63, 3.8) is 0 Å². The monoisotopic (exact) mass is 546 g/mol. The number of carbonyl (C=O) groups excluding carboxylic acids is 1. The first-order chi connectivity index (χ1) is 18.3. The Balaban J connectivity index is 1.44. The number of nitrogens with one attached hydrogen (secondary N) is 1. The Bertz CT molecular complexity index is 1410. The Morgan fingerprint density at radius 1 is 1.34 bits per heavy atom. The number of fused-ring (bicyclic) bond motifs is 1. The van der Waals surface area contributed by atoms with Gasteiger partial charge in [-0.05, 0) is 30.2 Å². The molecule has 0 saturated carbocycles. The number of ether oxygens (including phenoxy) is 3. The third-order valence-corrected chi connectivity index (χ3v) is 6.18. The maximum atomic E-state index is 13.3. The summed E-state index contributed by atoms with van der Waals surface area (Å²) in [6.07, 6.45) is -0.657. The molecule has 1 unspecified atom stereocenters. The number of hydrogen-bond acceptors (Lipinski definition) is 14. The van der Waals surface area contributed by atoms with Crippen molar-refractivity contribution in [3.05, 3.63) is 47.5 Å². The summed E-state index contributed by atoms with van der Waals surface area (Å²) in [6.45, 7) is 1.33. The van der Waals surface area contributed by atoms with E-state index in [1.165, 1.54) is 10.9 Å². The summed E-state index contributed by atoms with van der Waals surface area (Å²) < 4.78 is 18.7. The van der Waals surface area contributed by atoms with Crippen LogP contribution in [0.15, 0.2) is 30.9 Å².